The van der Waals surface area contributed by atoms with E-state index >= 15 is 4.39 Å². The van der Waals surface area contributed by atoms with Crippen molar-refractivity contribution in [2.24, 2.45) is 0 Å². The SMILES string of the molecule is CC(C)S(=O)(=O)NCC(C)(F)c1ccc(-c2ccc(C(=O)N3CCCC3)cc2)cc1. The van der Waals surface area contributed by atoms with E-state index in [4.69, 9.17) is 0 Å². The number of sulfonamides is 1. The fraction of sp³-hybridized carbons (Fsp3) is 0.435. The monoisotopic (exact) mass is 432 g/mol. The van der Waals surface area contributed by atoms with Crippen molar-refractivity contribution in [3.63, 3.8) is 0 Å². The molecule has 1 atom stereocenters. The van der Waals surface area contributed by atoms with Gasteiger partial charge in [0.15, 0.2) is 0 Å². The van der Waals surface area contributed by atoms with Gasteiger partial charge in [-0.15, -0.1) is 0 Å². The molecule has 0 aromatic heterocycles. The van der Waals surface area contributed by atoms with Crippen molar-refractivity contribution in [2.75, 3.05) is 19.6 Å². The molecule has 1 unspecified atom stereocenters. The molecule has 162 valence electrons. The summed E-state index contributed by atoms with van der Waals surface area (Å²) in [6.45, 7) is 5.78. The molecular weight excluding hydrogens is 403 g/mol. The molecule has 1 aliphatic heterocycles. The molecule has 1 saturated heterocycles. The minimum absolute atomic E-state index is 0.0615. The van der Waals surface area contributed by atoms with E-state index < -0.39 is 20.9 Å². The fourth-order valence-corrected chi connectivity index (χ4v) is 4.23. The van der Waals surface area contributed by atoms with Gasteiger partial charge in [-0.2, -0.15) is 0 Å². The van der Waals surface area contributed by atoms with Crippen molar-refractivity contribution in [3.8, 4) is 11.1 Å². The van der Waals surface area contributed by atoms with Crippen LogP contribution in [0.1, 0.15) is 49.5 Å². The molecule has 2 aromatic carbocycles. The molecule has 0 bridgehead atoms. The minimum Gasteiger partial charge on any atom is -0.339 e. The molecule has 0 aliphatic carbocycles. The second-order valence-electron chi connectivity index (χ2n) is 8.27. The Balaban J connectivity index is 1.69. The number of halogens is 1. The Labute approximate surface area is 178 Å². The second-order valence-corrected chi connectivity index (χ2v) is 10.6. The largest absolute Gasteiger partial charge is 0.339 e. The predicted molar refractivity (Wildman–Crippen MR) is 118 cm³/mol. The van der Waals surface area contributed by atoms with Crippen LogP contribution in [0.15, 0.2) is 48.5 Å². The molecule has 0 saturated carbocycles. The third-order valence-corrected chi connectivity index (χ3v) is 7.36. The number of amides is 1. The van der Waals surface area contributed by atoms with Crippen molar-refractivity contribution in [1.29, 1.82) is 0 Å². The first-order valence-corrected chi connectivity index (χ1v) is 11.8. The highest BCUT2D eigenvalue weighted by atomic mass is 32.2. The summed E-state index contributed by atoms with van der Waals surface area (Å²) in [4.78, 5) is 14.3. The number of nitrogens with zero attached hydrogens (tertiary/aromatic N) is 1. The van der Waals surface area contributed by atoms with Gasteiger partial charge in [-0.25, -0.2) is 17.5 Å². The van der Waals surface area contributed by atoms with Gasteiger partial charge < -0.3 is 4.90 Å². The Morgan fingerprint density at radius 1 is 1.03 bits per heavy atom. The smallest absolute Gasteiger partial charge is 0.253 e. The van der Waals surface area contributed by atoms with Gasteiger partial charge in [0.25, 0.3) is 5.91 Å². The van der Waals surface area contributed by atoms with Crippen LogP contribution in [0.4, 0.5) is 4.39 Å². The molecule has 30 heavy (non-hydrogen) atoms. The fourth-order valence-electron chi connectivity index (χ4n) is 3.42. The second kappa shape index (κ2) is 8.86. The third-order valence-electron chi connectivity index (χ3n) is 5.57. The number of benzene rings is 2. The Kier molecular flexibility index (Phi) is 6.62. The minimum atomic E-state index is -3.53. The molecular formula is C23H29FN2O3S. The van der Waals surface area contributed by atoms with Gasteiger partial charge in [0.1, 0.15) is 5.67 Å². The number of rotatable bonds is 7. The molecule has 1 N–H and O–H groups in total. The summed E-state index contributed by atoms with van der Waals surface area (Å²) in [5.41, 5.74) is 1.08. The van der Waals surface area contributed by atoms with Crippen LogP contribution >= 0.6 is 0 Å². The van der Waals surface area contributed by atoms with Crippen molar-refractivity contribution in [1.82, 2.24) is 9.62 Å². The van der Waals surface area contributed by atoms with Gasteiger partial charge in [0.05, 0.1) is 5.25 Å². The highest BCUT2D eigenvalue weighted by Crippen LogP contribution is 2.28. The summed E-state index contributed by atoms with van der Waals surface area (Å²) in [6, 6.07) is 14.4. The Morgan fingerprint density at radius 2 is 1.53 bits per heavy atom. The maximum atomic E-state index is 15.1. The maximum Gasteiger partial charge on any atom is 0.253 e. The van der Waals surface area contributed by atoms with Gasteiger partial charge in [-0.3, -0.25) is 4.79 Å². The summed E-state index contributed by atoms with van der Waals surface area (Å²) >= 11 is 0. The molecule has 5 nitrogen and oxygen atoms in total. The van der Waals surface area contributed by atoms with Gasteiger partial charge in [0, 0.05) is 25.2 Å². The molecule has 1 fully saturated rings. The van der Waals surface area contributed by atoms with Crippen LogP contribution in [0.2, 0.25) is 0 Å². The Bertz CT molecular complexity index is 978. The van der Waals surface area contributed by atoms with Crippen LogP contribution in [0.3, 0.4) is 0 Å². The lowest BCUT2D eigenvalue weighted by atomic mass is 9.95. The third kappa shape index (κ3) is 5.08. The first kappa shape index (κ1) is 22.4. The molecule has 1 heterocycles. The number of nitrogens with one attached hydrogen (secondary N) is 1. The van der Waals surface area contributed by atoms with E-state index in [1.165, 1.54) is 6.92 Å². The Morgan fingerprint density at radius 3 is 2.03 bits per heavy atom. The van der Waals surface area contributed by atoms with E-state index in [1.54, 1.807) is 38.1 Å². The summed E-state index contributed by atoms with van der Waals surface area (Å²) in [5.74, 6) is 0.0615. The van der Waals surface area contributed by atoms with Crippen molar-refractivity contribution in [2.45, 2.75) is 44.5 Å². The Hall–Kier alpha value is -2.25. The van der Waals surface area contributed by atoms with E-state index in [1.807, 2.05) is 29.2 Å². The highest BCUT2D eigenvalue weighted by molar-refractivity contribution is 7.90. The van der Waals surface area contributed by atoms with Crippen molar-refractivity contribution in [3.05, 3.63) is 59.7 Å². The van der Waals surface area contributed by atoms with E-state index in [0.29, 0.717) is 11.1 Å². The number of likely N-dealkylation sites (tertiary alicyclic amines) is 1. The van der Waals surface area contributed by atoms with Crippen LogP contribution in [-0.4, -0.2) is 44.1 Å². The van der Waals surface area contributed by atoms with E-state index in [9.17, 15) is 13.2 Å². The lowest BCUT2D eigenvalue weighted by Crippen LogP contribution is -2.39. The maximum absolute atomic E-state index is 15.1. The average molecular weight is 433 g/mol. The van der Waals surface area contributed by atoms with Crippen LogP contribution in [0.25, 0.3) is 11.1 Å². The number of hydrogen-bond acceptors (Lipinski definition) is 3. The van der Waals surface area contributed by atoms with E-state index in [-0.39, 0.29) is 12.5 Å². The topological polar surface area (TPSA) is 66.5 Å². The average Bonchev–Trinajstić information content (AvgIpc) is 3.27. The number of carbonyl (C=O) groups is 1. The van der Waals surface area contributed by atoms with Crippen LogP contribution < -0.4 is 4.72 Å². The van der Waals surface area contributed by atoms with Crippen LogP contribution in [0.5, 0.6) is 0 Å². The van der Waals surface area contributed by atoms with Crippen LogP contribution in [-0.2, 0) is 15.7 Å². The zero-order chi connectivity index (χ0) is 21.9. The molecule has 7 heteroatoms. The molecule has 3 rings (SSSR count). The summed E-state index contributed by atoms with van der Waals surface area (Å²) in [6.07, 6.45) is 2.12. The quantitative estimate of drug-likeness (QED) is 0.716. The molecule has 1 amide bonds. The number of alkyl halides is 1. The van der Waals surface area contributed by atoms with Gasteiger partial charge in [-0.05, 0) is 62.4 Å². The first-order chi connectivity index (χ1) is 14.1. The zero-order valence-electron chi connectivity index (χ0n) is 17.7. The number of hydrogen-bond donors (Lipinski definition) is 1. The highest BCUT2D eigenvalue weighted by Gasteiger charge is 2.29. The summed E-state index contributed by atoms with van der Waals surface area (Å²) in [7, 11) is -3.53. The molecule has 1 aliphatic rings. The van der Waals surface area contributed by atoms with Gasteiger partial charge in [-0.1, -0.05) is 36.4 Å². The normalized spacial score (nSPS) is 16.6. The first-order valence-electron chi connectivity index (χ1n) is 10.3. The van der Waals surface area contributed by atoms with Crippen LogP contribution in [0, 0.1) is 0 Å². The van der Waals surface area contributed by atoms with Gasteiger partial charge in [0.2, 0.25) is 10.0 Å². The van der Waals surface area contributed by atoms with E-state index in [2.05, 4.69) is 4.72 Å². The molecule has 0 radical (unpaired) electrons. The summed E-state index contributed by atoms with van der Waals surface area (Å²) < 4.78 is 41.2. The van der Waals surface area contributed by atoms with Gasteiger partial charge >= 0.3 is 0 Å². The van der Waals surface area contributed by atoms with Crippen molar-refractivity contribution >= 4 is 15.9 Å². The zero-order valence-corrected chi connectivity index (χ0v) is 18.5. The van der Waals surface area contributed by atoms with Crippen molar-refractivity contribution < 1.29 is 17.6 Å². The standard InChI is InChI=1S/C23H29FN2O3S/c1-17(2)30(28,29)25-16-23(3,24)21-12-10-19(11-13-21)18-6-8-20(9-7-18)22(27)26-14-4-5-15-26/h6-13,17,25H,4-5,14-16H2,1-3H3. The van der Waals surface area contributed by atoms with E-state index in [0.717, 1.165) is 37.1 Å². The lowest BCUT2D eigenvalue weighted by molar-refractivity contribution is 0.0793. The lowest BCUT2D eigenvalue weighted by Gasteiger charge is -2.22. The molecule has 0 spiro atoms. The number of carbonyl (C=O) groups excluding carboxylic acids is 1. The summed E-state index contributed by atoms with van der Waals surface area (Å²) in [5, 5.41) is -0.615. The predicted octanol–water partition coefficient (Wildman–Crippen LogP) is 4.10. The molecule has 2 aromatic rings.